The zero-order valence-electron chi connectivity index (χ0n) is 17.8. The van der Waals surface area contributed by atoms with Crippen LogP contribution in [0.3, 0.4) is 0 Å². The summed E-state index contributed by atoms with van der Waals surface area (Å²) in [7, 11) is 4.12. The quantitative estimate of drug-likeness (QED) is 0.662. The molecular weight excluding hydrogens is 368 g/mol. The standard InChI is InChI=1S/C22H32N4O3/c1-15(2)21-20-18(10-12-26(21)22(27)28)23-19(24-20)14-16-6-8-17(9-7-16)29-13-5-11-25(3)4/h6-9,15,21H,5,10-14H2,1-4H3,(H,23,24)(H,27,28)/t21-/m0/s1. The first-order valence-corrected chi connectivity index (χ1v) is 10.3. The Balaban J connectivity index is 1.64. The second-order valence-corrected chi connectivity index (χ2v) is 8.28. The summed E-state index contributed by atoms with van der Waals surface area (Å²) in [5, 5.41) is 9.53. The summed E-state index contributed by atoms with van der Waals surface area (Å²) in [5.41, 5.74) is 3.09. The van der Waals surface area contributed by atoms with Crippen molar-refractivity contribution >= 4 is 6.09 Å². The minimum Gasteiger partial charge on any atom is -0.494 e. The highest BCUT2D eigenvalue weighted by Crippen LogP contribution is 2.34. The Morgan fingerprint density at radius 3 is 2.69 bits per heavy atom. The topological polar surface area (TPSA) is 81.7 Å². The van der Waals surface area contributed by atoms with Crippen LogP contribution in [0.4, 0.5) is 4.79 Å². The van der Waals surface area contributed by atoms with Gasteiger partial charge in [0.25, 0.3) is 0 Å². The number of carboxylic acid groups (broad SMARTS) is 1. The molecule has 7 nitrogen and oxygen atoms in total. The van der Waals surface area contributed by atoms with Crippen LogP contribution in [-0.2, 0) is 12.8 Å². The van der Waals surface area contributed by atoms with Crippen molar-refractivity contribution in [3.05, 3.63) is 47.0 Å². The van der Waals surface area contributed by atoms with Crippen LogP contribution in [-0.4, -0.2) is 64.8 Å². The van der Waals surface area contributed by atoms with Crippen molar-refractivity contribution in [3.63, 3.8) is 0 Å². The van der Waals surface area contributed by atoms with Crippen LogP contribution in [0.2, 0.25) is 0 Å². The van der Waals surface area contributed by atoms with E-state index in [9.17, 15) is 9.90 Å². The fourth-order valence-electron chi connectivity index (χ4n) is 3.89. The van der Waals surface area contributed by atoms with E-state index in [2.05, 4.69) is 36.1 Å². The van der Waals surface area contributed by atoms with E-state index in [1.54, 1.807) is 0 Å². The highest BCUT2D eigenvalue weighted by molar-refractivity contribution is 5.66. The number of amides is 1. The highest BCUT2D eigenvalue weighted by Gasteiger charge is 2.35. The first-order chi connectivity index (χ1) is 13.8. The lowest BCUT2D eigenvalue weighted by Crippen LogP contribution is -2.41. The Morgan fingerprint density at radius 1 is 1.34 bits per heavy atom. The van der Waals surface area contributed by atoms with Gasteiger partial charge in [0.15, 0.2) is 0 Å². The van der Waals surface area contributed by atoms with E-state index in [1.165, 1.54) is 4.90 Å². The van der Waals surface area contributed by atoms with Gasteiger partial charge in [0.2, 0.25) is 0 Å². The number of imidazole rings is 1. The summed E-state index contributed by atoms with van der Waals surface area (Å²) >= 11 is 0. The number of H-pyrrole nitrogens is 1. The Hall–Kier alpha value is -2.54. The number of fused-ring (bicyclic) bond motifs is 1. The van der Waals surface area contributed by atoms with Crippen LogP contribution in [0, 0.1) is 5.92 Å². The van der Waals surface area contributed by atoms with Gasteiger partial charge in [-0.15, -0.1) is 0 Å². The van der Waals surface area contributed by atoms with Crippen LogP contribution in [0.5, 0.6) is 5.75 Å². The molecule has 0 spiro atoms. The molecule has 1 aromatic heterocycles. The van der Waals surface area contributed by atoms with Crippen LogP contribution >= 0.6 is 0 Å². The molecule has 0 radical (unpaired) electrons. The van der Waals surface area contributed by atoms with Gasteiger partial charge in [-0.25, -0.2) is 9.78 Å². The average Bonchev–Trinajstić information content (AvgIpc) is 3.07. The fraction of sp³-hybridized carbons (Fsp3) is 0.545. The second kappa shape index (κ2) is 9.31. The van der Waals surface area contributed by atoms with Crippen molar-refractivity contribution in [1.29, 1.82) is 0 Å². The first kappa shape index (κ1) is 21.2. The molecule has 29 heavy (non-hydrogen) atoms. The highest BCUT2D eigenvalue weighted by atomic mass is 16.5. The van der Waals surface area contributed by atoms with E-state index in [1.807, 2.05) is 26.0 Å². The van der Waals surface area contributed by atoms with Gasteiger partial charge in [-0.1, -0.05) is 26.0 Å². The maximum Gasteiger partial charge on any atom is 0.407 e. The average molecular weight is 401 g/mol. The number of aromatic nitrogens is 2. The van der Waals surface area contributed by atoms with Crippen molar-refractivity contribution in [2.24, 2.45) is 5.92 Å². The minimum atomic E-state index is -0.869. The van der Waals surface area contributed by atoms with Crippen LogP contribution < -0.4 is 4.74 Å². The molecule has 1 aromatic carbocycles. The maximum absolute atomic E-state index is 11.6. The number of aromatic amines is 1. The molecule has 0 saturated carbocycles. The van der Waals surface area contributed by atoms with Crippen molar-refractivity contribution in [2.75, 3.05) is 33.8 Å². The third-order valence-electron chi connectivity index (χ3n) is 5.27. The van der Waals surface area contributed by atoms with Gasteiger partial charge in [0.1, 0.15) is 11.6 Å². The summed E-state index contributed by atoms with van der Waals surface area (Å²) in [6.07, 6.45) is 1.47. The normalized spacial score (nSPS) is 16.3. The van der Waals surface area contributed by atoms with Crippen molar-refractivity contribution < 1.29 is 14.6 Å². The van der Waals surface area contributed by atoms with Crippen molar-refractivity contribution in [3.8, 4) is 5.75 Å². The predicted molar refractivity (Wildman–Crippen MR) is 113 cm³/mol. The molecule has 2 aromatic rings. The molecule has 158 valence electrons. The number of nitrogens with one attached hydrogen (secondary N) is 1. The second-order valence-electron chi connectivity index (χ2n) is 8.28. The molecule has 7 heteroatoms. The van der Waals surface area contributed by atoms with E-state index < -0.39 is 6.09 Å². The van der Waals surface area contributed by atoms with Crippen molar-refractivity contribution in [1.82, 2.24) is 19.8 Å². The zero-order chi connectivity index (χ0) is 21.0. The molecular formula is C22H32N4O3. The Labute approximate surface area is 172 Å². The van der Waals surface area contributed by atoms with Gasteiger partial charge in [-0.2, -0.15) is 0 Å². The van der Waals surface area contributed by atoms with Crippen LogP contribution in [0.15, 0.2) is 24.3 Å². The van der Waals surface area contributed by atoms with E-state index >= 15 is 0 Å². The van der Waals surface area contributed by atoms with Gasteiger partial charge in [0, 0.05) is 25.9 Å². The van der Waals surface area contributed by atoms with Gasteiger partial charge in [-0.3, -0.25) is 4.90 Å². The molecule has 2 N–H and O–H groups in total. The number of hydrogen-bond acceptors (Lipinski definition) is 4. The first-order valence-electron chi connectivity index (χ1n) is 10.3. The largest absolute Gasteiger partial charge is 0.494 e. The molecule has 1 aliphatic heterocycles. The number of ether oxygens (including phenoxy) is 1. The maximum atomic E-state index is 11.6. The molecule has 1 aliphatic rings. The number of rotatable bonds is 8. The number of carbonyl (C=O) groups is 1. The smallest absolute Gasteiger partial charge is 0.407 e. The van der Waals surface area contributed by atoms with Gasteiger partial charge in [0.05, 0.1) is 24.0 Å². The summed E-state index contributed by atoms with van der Waals surface area (Å²) in [4.78, 5) is 23.5. The molecule has 0 unspecified atom stereocenters. The summed E-state index contributed by atoms with van der Waals surface area (Å²) in [5.74, 6) is 1.94. The van der Waals surface area contributed by atoms with Gasteiger partial charge in [-0.05, 0) is 44.1 Å². The van der Waals surface area contributed by atoms with E-state index in [0.29, 0.717) is 26.0 Å². The minimum absolute atomic E-state index is 0.171. The van der Waals surface area contributed by atoms with Gasteiger partial charge >= 0.3 is 6.09 Å². The molecule has 3 rings (SSSR count). The monoisotopic (exact) mass is 400 g/mol. The third-order valence-corrected chi connectivity index (χ3v) is 5.27. The molecule has 1 atom stereocenters. The predicted octanol–water partition coefficient (Wildman–Crippen LogP) is 3.56. The molecule has 0 aliphatic carbocycles. The molecule has 0 fully saturated rings. The van der Waals surface area contributed by atoms with Crippen molar-refractivity contribution in [2.45, 2.75) is 39.2 Å². The zero-order valence-corrected chi connectivity index (χ0v) is 17.8. The Kier molecular flexibility index (Phi) is 6.79. The summed E-state index contributed by atoms with van der Waals surface area (Å²) in [6, 6.07) is 7.95. The molecule has 1 amide bonds. The molecule has 0 saturated heterocycles. The lowest BCUT2D eigenvalue weighted by molar-refractivity contribution is 0.103. The van der Waals surface area contributed by atoms with E-state index in [0.717, 1.165) is 41.5 Å². The molecule has 2 heterocycles. The fourth-order valence-corrected chi connectivity index (χ4v) is 3.89. The van der Waals surface area contributed by atoms with E-state index in [-0.39, 0.29) is 12.0 Å². The van der Waals surface area contributed by atoms with Gasteiger partial charge < -0.3 is 19.7 Å². The molecule has 0 bridgehead atoms. The van der Waals surface area contributed by atoms with Crippen LogP contribution in [0.1, 0.15) is 49.1 Å². The Bertz CT molecular complexity index is 814. The number of nitrogens with zero attached hydrogens (tertiary/aromatic N) is 3. The Morgan fingerprint density at radius 2 is 2.07 bits per heavy atom. The lowest BCUT2D eigenvalue weighted by atomic mass is 9.94. The number of benzene rings is 1. The summed E-state index contributed by atoms with van der Waals surface area (Å²) in [6.45, 7) is 6.31. The summed E-state index contributed by atoms with van der Waals surface area (Å²) < 4.78 is 5.79. The van der Waals surface area contributed by atoms with E-state index in [4.69, 9.17) is 9.72 Å². The number of hydrogen-bond donors (Lipinski definition) is 2. The van der Waals surface area contributed by atoms with Crippen LogP contribution in [0.25, 0.3) is 0 Å². The lowest BCUT2D eigenvalue weighted by Gasteiger charge is -2.35. The SMILES string of the molecule is CC(C)[C@H]1c2[nH]c(Cc3ccc(OCCCN(C)C)cc3)nc2CCN1C(=O)O. The third kappa shape index (κ3) is 5.29.